The lowest BCUT2D eigenvalue weighted by Crippen LogP contribution is -2.35. The summed E-state index contributed by atoms with van der Waals surface area (Å²) in [4.78, 5) is 10.4. The highest BCUT2D eigenvalue weighted by Gasteiger charge is 2.14. The number of halogens is 1. The van der Waals surface area contributed by atoms with Crippen LogP contribution in [0.5, 0.6) is 0 Å². The Morgan fingerprint density at radius 2 is 2.36 bits per heavy atom. The zero-order valence-corrected chi connectivity index (χ0v) is 10.5. The second-order valence-corrected chi connectivity index (χ2v) is 4.94. The summed E-state index contributed by atoms with van der Waals surface area (Å²) in [6.07, 6.45) is 7.67. The van der Waals surface area contributed by atoms with Crippen molar-refractivity contribution in [2.45, 2.75) is 42.6 Å². The van der Waals surface area contributed by atoms with E-state index in [0.29, 0.717) is 10.3 Å². The molecule has 4 heteroatoms. The number of carboxylic acid groups (broad SMARTS) is 1. The van der Waals surface area contributed by atoms with Crippen LogP contribution in [0.4, 0.5) is 4.79 Å². The van der Waals surface area contributed by atoms with Gasteiger partial charge in [0.1, 0.15) is 0 Å². The maximum Gasteiger partial charge on any atom is 0.404 e. The van der Waals surface area contributed by atoms with Crippen LogP contribution in [0, 0.1) is 12.3 Å². The van der Waals surface area contributed by atoms with Crippen molar-refractivity contribution >= 4 is 28.7 Å². The molecular formula is C10H16INO2. The third kappa shape index (κ3) is 7.01. The second kappa shape index (κ2) is 7.92. The molecule has 0 saturated heterocycles. The largest absolute Gasteiger partial charge is 0.465 e. The molecule has 0 aromatic carbocycles. The molecule has 14 heavy (non-hydrogen) atoms. The van der Waals surface area contributed by atoms with Crippen LogP contribution in [0.1, 0.15) is 32.6 Å². The van der Waals surface area contributed by atoms with Crippen molar-refractivity contribution in [3.8, 4) is 12.3 Å². The Hall–Kier alpha value is -0.440. The van der Waals surface area contributed by atoms with Crippen LogP contribution in [-0.2, 0) is 0 Å². The highest BCUT2D eigenvalue weighted by molar-refractivity contribution is 14.1. The molecule has 0 spiro atoms. The molecule has 0 aromatic heterocycles. The molecule has 0 aliphatic heterocycles. The summed E-state index contributed by atoms with van der Waals surface area (Å²) in [6.45, 7) is 2.12. The number of carbonyl (C=O) groups is 1. The average molecular weight is 309 g/mol. The molecule has 0 radical (unpaired) electrons. The molecule has 80 valence electrons. The molecule has 0 aromatic rings. The molecule has 3 nitrogen and oxygen atoms in total. The van der Waals surface area contributed by atoms with Crippen molar-refractivity contribution in [2.75, 3.05) is 0 Å². The van der Waals surface area contributed by atoms with E-state index in [9.17, 15) is 4.79 Å². The van der Waals surface area contributed by atoms with E-state index in [-0.39, 0.29) is 6.04 Å². The summed E-state index contributed by atoms with van der Waals surface area (Å²) in [5.74, 6) is 2.49. The Bertz CT molecular complexity index is 213. The van der Waals surface area contributed by atoms with Crippen LogP contribution < -0.4 is 5.32 Å². The van der Waals surface area contributed by atoms with Crippen LogP contribution >= 0.6 is 22.6 Å². The summed E-state index contributed by atoms with van der Waals surface area (Å²) < 4.78 is 0.489. The minimum Gasteiger partial charge on any atom is -0.465 e. The zero-order valence-electron chi connectivity index (χ0n) is 8.29. The van der Waals surface area contributed by atoms with Crippen LogP contribution in [-0.4, -0.2) is 21.2 Å². The van der Waals surface area contributed by atoms with Gasteiger partial charge in [0, 0.05) is 16.4 Å². The first-order valence-electron chi connectivity index (χ1n) is 4.67. The highest BCUT2D eigenvalue weighted by atomic mass is 127. The fourth-order valence-electron chi connectivity index (χ4n) is 1.25. The van der Waals surface area contributed by atoms with Gasteiger partial charge in [0.2, 0.25) is 0 Å². The van der Waals surface area contributed by atoms with E-state index in [2.05, 4.69) is 40.8 Å². The van der Waals surface area contributed by atoms with E-state index in [1.54, 1.807) is 0 Å². The van der Waals surface area contributed by atoms with Crippen LogP contribution in [0.15, 0.2) is 0 Å². The summed E-state index contributed by atoms with van der Waals surface area (Å²) in [6, 6.07) is -0.106. The minimum absolute atomic E-state index is 0.106. The lowest BCUT2D eigenvalue weighted by Gasteiger charge is -2.17. The lowest BCUT2D eigenvalue weighted by atomic mass is 10.1. The van der Waals surface area contributed by atoms with Gasteiger partial charge >= 0.3 is 6.09 Å². The molecule has 2 N–H and O–H groups in total. The molecule has 0 aliphatic rings. The maximum atomic E-state index is 10.4. The first-order chi connectivity index (χ1) is 6.60. The van der Waals surface area contributed by atoms with Gasteiger partial charge < -0.3 is 10.4 Å². The van der Waals surface area contributed by atoms with Gasteiger partial charge in [0.15, 0.2) is 0 Å². The monoisotopic (exact) mass is 309 g/mol. The molecular weight excluding hydrogens is 293 g/mol. The number of hydrogen-bond acceptors (Lipinski definition) is 1. The molecule has 0 fully saturated rings. The number of hydrogen-bond donors (Lipinski definition) is 2. The average Bonchev–Trinajstić information content (AvgIpc) is 2.03. The Morgan fingerprint density at radius 1 is 1.71 bits per heavy atom. The van der Waals surface area contributed by atoms with Gasteiger partial charge in [-0.05, 0) is 12.8 Å². The summed E-state index contributed by atoms with van der Waals surface area (Å²) in [5, 5.41) is 11.0. The van der Waals surface area contributed by atoms with E-state index < -0.39 is 6.09 Å². The molecule has 0 bridgehead atoms. The van der Waals surface area contributed by atoms with E-state index >= 15 is 0 Å². The van der Waals surface area contributed by atoms with E-state index in [0.717, 1.165) is 19.3 Å². The Morgan fingerprint density at radius 3 is 2.79 bits per heavy atom. The Balaban J connectivity index is 3.95. The zero-order chi connectivity index (χ0) is 11.0. The van der Waals surface area contributed by atoms with Crippen molar-refractivity contribution in [2.24, 2.45) is 0 Å². The summed E-state index contributed by atoms with van der Waals surface area (Å²) >= 11 is 2.34. The molecule has 1 amide bonds. The SMILES string of the molecule is C#CCC(CC(I)CCC)NC(=O)O. The predicted molar refractivity (Wildman–Crippen MR) is 65.7 cm³/mol. The van der Waals surface area contributed by atoms with Crippen molar-refractivity contribution < 1.29 is 9.90 Å². The van der Waals surface area contributed by atoms with E-state index in [1.165, 1.54) is 0 Å². The number of amides is 1. The van der Waals surface area contributed by atoms with E-state index in [1.807, 2.05) is 0 Å². The van der Waals surface area contributed by atoms with Crippen molar-refractivity contribution in [3.63, 3.8) is 0 Å². The van der Waals surface area contributed by atoms with Gasteiger partial charge in [0.25, 0.3) is 0 Å². The number of alkyl halides is 1. The van der Waals surface area contributed by atoms with Gasteiger partial charge in [-0.2, -0.15) is 0 Å². The van der Waals surface area contributed by atoms with Crippen LogP contribution in [0.3, 0.4) is 0 Å². The highest BCUT2D eigenvalue weighted by Crippen LogP contribution is 2.16. The van der Waals surface area contributed by atoms with Crippen molar-refractivity contribution in [1.29, 1.82) is 0 Å². The molecule has 0 aliphatic carbocycles. The third-order valence-corrected chi connectivity index (χ3v) is 2.97. The van der Waals surface area contributed by atoms with Crippen molar-refractivity contribution in [3.05, 3.63) is 0 Å². The van der Waals surface area contributed by atoms with Crippen LogP contribution in [0.25, 0.3) is 0 Å². The molecule has 0 heterocycles. The Labute approximate surface area is 98.8 Å². The standard InChI is InChI=1S/C10H16INO2/c1-3-5-8(11)7-9(6-4-2)12-10(13)14/h2,8-9,12H,3,5-7H2,1H3,(H,13,14). The molecule has 0 rings (SSSR count). The minimum atomic E-state index is -0.995. The van der Waals surface area contributed by atoms with E-state index in [4.69, 9.17) is 11.5 Å². The molecule has 2 atom stereocenters. The first-order valence-corrected chi connectivity index (χ1v) is 5.91. The molecule has 2 unspecified atom stereocenters. The third-order valence-electron chi connectivity index (χ3n) is 1.83. The second-order valence-electron chi connectivity index (χ2n) is 3.18. The van der Waals surface area contributed by atoms with Crippen LogP contribution in [0.2, 0.25) is 0 Å². The smallest absolute Gasteiger partial charge is 0.404 e. The van der Waals surface area contributed by atoms with Gasteiger partial charge in [-0.15, -0.1) is 12.3 Å². The van der Waals surface area contributed by atoms with Gasteiger partial charge in [-0.1, -0.05) is 35.9 Å². The quantitative estimate of drug-likeness (QED) is 0.450. The first kappa shape index (κ1) is 13.6. The normalized spacial score (nSPS) is 14.1. The maximum absolute atomic E-state index is 10.4. The predicted octanol–water partition coefficient (Wildman–Crippen LogP) is 2.64. The number of terminal acetylenes is 1. The fourth-order valence-corrected chi connectivity index (χ4v) is 2.49. The lowest BCUT2D eigenvalue weighted by molar-refractivity contribution is 0.189. The topological polar surface area (TPSA) is 49.3 Å². The van der Waals surface area contributed by atoms with Gasteiger partial charge in [0.05, 0.1) is 0 Å². The Kier molecular flexibility index (Phi) is 7.67. The van der Waals surface area contributed by atoms with Crippen molar-refractivity contribution in [1.82, 2.24) is 5.32 Å². The summed E-state index contributed by atoms with van der Waals surface area (Å²) in [5.41, 5.74) is 0. The molecule has 0 saturated carbocycles. The number of nitrogens with one attached hydrogen (secondary N) is 1. The van der Waals surface area contributed by atoms with Gasteiger partial charge in [-0.25, -0.2) is 4.79 Å². The number of rotatable bonds is 6. The fraction of sp³-hybridized carbons (Fsp3) is 0.700. The van der Waals surface area contributed by atoms with Gasteiger partial charge in [-0.3, -0.25) is 0 Å². The summed E-state index contributed by atoms with van der Waals surface area (Å²) in [7, 11) is 0.